The first-order valence-electron chi connectivity index (χ1n) is 11.0. The zero-order valence-corrected chi connectivity index (χ0v) is 21.8. The highest BCUT2D eigenvalue weighted by Gasteiger charge is 2.07. The van der Waals surface area contributed by atoms with E-state index in [1.165, 1.54) is 5.52 Å². The van der Waals surface area contributed by atoms with Gasteiger partial charge in [-0.2, -0.15) is 0 Å². The normalized spacial score (nSPS) is 11.6. The smallest absolute Gasteiger partial charge is 0.191 e. The predicted octanol–water partition coefficient (Wildman–Crippen LogP) is 2.95. The van der Waals surface area contributed by atoms with Crippen molar-refractivity contribution in [2.24, 2.45) is 12.0 Å². The van der Waals surface area contributed by atoms with Crippen LogP contribution in [0.3, 0.4) is 0 Å². The number of imidazole rings is 1. The molecule has 0 radical (unpaired) electrons. The molecule has 2 N–H and O–H groups in total. The highest BCUT2D eigenvalue weighted by atomic mass is 127. The third-order valence-corrected chi connectivity index (χ3v) is 5.22. The summed E-state index contributed by atoms with van der Waals surface area (Å²) in [6.07, 6.45) is 1.89. The van der Waals surface area contributed by atoms with Crippen LogP contribution in [-0.2, 0) is 24.9 Å². The summed E-state index contributed by atoms with van der Waals surface area (Å²) in [5, 5.41) is 15.1. The Bertz CT molecular complexity index is 997. The van der Waals surface area contributed by atoms with E-state index in [0.29, 0.717) is 6.54 Å². The van der Waals surface area contributed by atoms with Crippen molar-refractivity contribution in [2.75, 3.05) is 26.3 Å². The molecule has 0 spiro atoms. The number of ether oxygens (including phenoxy) is 1. The highest BCUT2D eigenvalue weighted by molar-refractivity contribution is 14.0. The van der Waals surface area contributed by atoms with Gasteiger partial charge in [0.25, 0.3) is 0 Å². The minimum Gasteiger partial charge on any atom is -0.382 e. The van der Waals surface area contributed by atoms with Gasteiger partial charge in [-0.1, -0.05) is 12.1 Å². The molecule has 0 saturated heterocycles. The molecular weight excluding hydrogens is 519 g/mol. The maximum atomic E-state index is 5.42. The van der Waals surface area contributed by atoms with E-state index in [4.69, 9.17) is 9.73 Å². The van der Waals surface area contributed by atoms with Gasteiger partial charge in [-0.15, -0.1) is 34.2 Å². The molecule has 0 unspecified atom stereocenters. The van der Waals surface area contributed by atoms with Gasteiger partial charge in [0.15, 0.2) is 11.8 Å². The lowest BCUT2D eigenvalue weighted by Crippen LogP contribution is -2.39. The summed E-state index contributed by atoms with van der Waals surface area (Å²) in [6, 6.07) is 8.27. The second kappa shape index (κ2) is 13.4. The van der Waals surface area contributed by atoms with Crippen LogP contribution in [0.5, 0.6) is 0 Å². The Hall–Kier alpha value is -2.21. The van der Waals surface area contributed by atoms with Gasteiger partial charge < -0.3 is 24.5 Å². The molecule has 0 aliphatic carbocycles. The van der Waals surface area contributed by atoms with Crippen molar-refractivity contribution < 1.29 is 4.74 Å². The summed E-state index contributed by atoms with van der Waals surface area (Å²) in [6.45, 7) is 10.5. The lowest BCUT2D eigenvalue weighted by molar-refractivity contribution is 0.145. The maximum absolute atomic E-state index is 5.42. The van der Waals surface area contributed by atoms with Crippen LogP contribution in [0.2, 0.25) is 0 Å². The number of hydrogen-bond donors (Lipinski definition) is 2. The van der Waals surface area contributed by atoms with Crippen LogP contribution in [0, 0.1) is 13.8 Å². The zero-order valence-electron chi connectivity index (χ0n) is 19.5. The number of rotatable bonds is 11. The molecule has 2 aromatic heterocycles. The van der Waals surface area contributed by atoms with Gasteiger partial charge in [0, 0.05) is 39.9 Å². The number of nitrogens with zero attached hydrogens (tertiary/aromatic N) is 6. The lowest BCUT2D eigenvalue weighted by Gasteiger charge is -2.13. The second-order valence-electron chi connectivity index (χ2n) is 7.44. The molecule has 10 heteroatoms. The van der Waals surface area contributed by atoms with E-state index in [2.05, 4.69) is 55.5 Å². The summed E-state index contributed by atoms with van der Waals surface area (Å²) in [5.74, 6) is 3.55. The third kappa shape index (κ3) is 7.16. The van der Waals surface area contributed by atoms with Crippen LogP contribution in [0.15, 0.2) is 29.3 Å². The fourth-order valence-electron chi connectivity index (χ4n) is 3.36. The molecule has 0 bridgehead atoms. The van der Waals surface area contributed by atoms with Crippen LogP contribution in [0.25, 0.3) is 11.0 Å². The number of nitrogens with one attached hydrogen (secondary N) is 2. The lowest BCUT2D eigenvalue weighted by atomic mass is 10.3. The first-order valence-corrected chi connectivity index (χ1v) is 11.0. The molecule has 1 aromatic carbocycles. The molecule has 3 rings (SSSR count). The number of fused-ring (bicyclic) bond motifs is 1. The van der Waals surface area contributed by atoms with Crippen LogP contribution < -0.4 is 10.6 Å². The first kappa shape index (κ1) is 26.0. The van der Waals surface area contributed by atoms with Gasteiger partial charge in [0.05, 0.1) is 11.0 Å². The van der Waals surface area contributed by atoms with Crippen molar-refractivity contribution in [1.82, 2.24) is 34.9 Å². The van der Waals surface area contributed by atoms with Gasteiger partial charge in [0.2, 0.25) is 0 Å². The zero-order chi connectivity index (χ0) is 22.1. The van der Waals surface area contributed by atoms with Crippen molar-refractivity contribution >= 4 is 41.0 Å². The van der Waals surface area contributed by atoms with Crippen LogP contribution in [-0.4, -0.2) is 56.6 Å². The second-order valence-corrected chi connectivity index (χ2v) is 7.44. The number of guanidine groups is 1. The predicted molar refractivity (Wildman–Crippen MR) is 138 cm³/mol. The van der Waals surface area contributed by atoms with Gasteiger partial charge in [0.1, 0.15) is 18.2 Å². The summed E-state index contributed by atoms with van der Waals surface area (Å²) < 4.78 is 9.65. The van der Waals surface area contributed by atoms with Crippen molar-refractivity contribution in [3.63, 3.8) is 0 Å². The maximum Gasteiger partial charge on any atom is 0.191 e. The number of aromatic nitrogens is 5. The number of hydrogen-bond acceptors (Lipinski definition) is 5. The molecule has 9 nitrogen and oxygen atoms in total. The molecule has 176 valence electrons. The average molecular weight is 554 g/mol. The average Bonchev–Trinajstić information content (AvgIpc) is 3.26. The Kier molecular flexibility index (Phi) is 10.9. The van der Waals surface area contributed by atoms with Gasteiger partial charge in [-0.05, 0) is 45.7 Å². The van der Waals surface area contributed by atoms with E-state index in [1.54, 1.807) is 0 Å². The first-order chi connectivity index (χ1) is 15.1. The van der Waals surface area contributed by atoms with E-state index >= 15 is 0 Å². The summed E-state index contributed by atoms with van der Waals surface area (Å²) in [5.41, 5.74) is 2.23. The van der Waals surface area contributed by atoms with Gasteiger partial charge in [-0.3, -0.25) is 0 Å². The largest absolute Gasteiger partial charge is 0.382 e. The van der Waals surface area contributed by atoms with Gasteiger partial charge in [-0.25, -0.2) is 9.98 Å². The number of benzene rings is 1. The molecule has 2 heterocycles. The number of halogens is 1. The number of aliphatic imine (C=N–C) groups is 1. The topological polar surface area (TPSA) is 94.2 Å². The standard InChI is InChI=1S/C22H34N8O.HI/c1-5-31-15-9-13-24-22(25-16-21-28-27-18(3)29(21)4)23-12-8-14-30-17(2)26-19-10-6-7-11-20(19)30;/h6-7,10-11H,5,8-9,12-16H2,1-4H3,(H2,23,24,25);1H. The molecule has 0 aliphatic heterocycles. The Morgan fingerprint density at radius 3 is 2.53 bits per heavy atom. The molecular formula is C22H35IN8O. The summed E-state index contributed by atoms with van der Waals surface area (Å²) >= 11 is 0. The molecule has 0 saturated carbocycles. The monoisotopic (exact) mass is 554 g/mol. The minimum absolute atomic E-state index is 0. The Morgan fingerprint density at radius 2 is 1.81 bits per heavy atom. The Labute approximate surface area is 207 Å². The summed E-state index contributed by atoms with van der Waals surface area (Å²) in [7, 11) is 1.96. The van der Waals surface area contributed by atoms with E-state index in [0.717, 1.165) is 74.6 Å². The fourth-order valence-corrected chi connectivity index (χ4v) is 3.36. The van der Waals surface area contributed by atoms with E-state index < -0.39 is 0 Å². The van der Waals surface area contributed by atoms with E-state index in [9.17, 15) is 0 Å². The van der Waals surface area contributed by atoms with Crippen LogP contribution >= 0.6 is 24.0 Å². The van der Waals surface area contributed by atoms with Crippen molar-refractivity contribution in [2.45, 2.75) is 46.7 Å². The van der Waals surface area contributed by atoms with Crippen LogP contribution in [0.4, 0.5) is 0 Å². The Balaban J connectivity index is 0.00000363. The van der Waals surface area contributed by atoms with Crippen molar-refractivity contribution in [3.05, 3.63) is 41.7 Å². The SMILES string of the molecule is CCOCCCNC(=NCc1nnc(C)n1C)NCCCn1c(C)nc2ccccc21.I. The number of para-hydroxylation sites is 2. The number of aryl methyl sites for hydroxylation is 3. The molecule has 0 aliphatic rings. The van der Waals surface area contributed by atoms with E-state index in [-0.39, 0.29) is 24.0 Å². The van der Waals surface area contributed by atoms with Crippen molar-refractivity contribution in [3.8, 4) is 0 Å². The van der Waals surface area contributed by atoms with Crippen molar-refractivity contribution in [1.29, 1.82) is 0 Å². The van der Waals surface area contributed by atoms with E-state index in [1.807, 2.05) is 31.5 Å². The summed E-state index contributed by atoms with van der Waals surface area (Å²) in [4.78, 5) is 9.34. The molecule has 32 heavy (non-hydrogen) atoms. The fraction of sp³-hybridized carbons (Fsp3) is 0.545. The quantitative estimate of drug-likeness (QED) is 0.164. The van der Waals surface area contributed by atoms with Gasteiger partial charge >= 0.3 is 0 Å². The molecule has 0 amide bonds. The minimum atomic E-state index is 0. The molecule has 0 fully saturated rings. The molecule has 0 atom stereocenters. The molecule has 3 aromatic rings. The highest BCUT2D eigenvalue weighted by Crippen LogP contribution is 2.15. The third-order valence-electron chi connectivity index (χ3n) is 5.22. The van der Waals surface area contributed by atoms with Crippen LogP contribution in [0.1, 0.15) is 37.2 Å². The Morgan fingerprint density at radius 1 is 1.06 bits per heavy atom.